The number of halogens is 2. The lowest BCUT2D eigenvalue weighted by molar-refractivity contribution is -0.135. The number of nitrogens with one attached hydrogen (secondary N) is 1. The molecule has 2 amide bonds. The van der Waals surface area contributed by atoms with E-state index in [1.807, 2.05) is 0 Å². The zero-order valence-corrected chi connectivity index (χ0v) is 15.4. The predicted molar refractivity (Wildman–Crippen MR) is 96.1 cm³/mol. The summed E-state index contributed by atoms with van der Waals surface area (Å²) in [7, 11) is 0. The van der Waals surface area contributed by atoms with Gasteiger partial charge < -0.3 is 15.0 Å². The van der Waals surface area contributed by atoms with Crippen molar-refractivity contribution in [3.63, 3.8) is 0 Å². The van der Waals surface area contributed by atoms with E-state index in [1.165, 1.54) is 0 Å². The average molecular weight is 386 g/mol. The van der Waals surface area contributed by atoms with Crippen LogP contribution in [0.4, 0.5) is 0 Å². The van der Waals surface area contributed by atoms with Gasteiger partial charge in [-0.1, -0.05) is 23.2 Å². The molecule has 2 fully saturated rings. The average Bonchev–Trinajstić information content (AvgIpc) is 3.36. The number of nitrogens with zero attached hydrogens (tertiary/aromatic N) is 2. The van der Waals surface area contributed by atoms with Crippen LogP contribution in [0, 0.1) is 0 Å². The number of piperazine rings is 1. The van der Waals surface area contributed by atoms with Crippen LogP contribution in [0.15, 0.2) is 18.2 Å². The minimum absolute atomic E-state index is 0.0567. The normalized spacial score (nSPS) is 18.1. The Morgan fingerprint density at radius 1 is 1.08 bits per heavy atom. The Kier molecular flexibility index (Phi) is 6.04. The first-order valence-corrected chi connectivity index (χ1v) is 9.13. The van der Waals surface area contributed by atoms with E-state index in [0.29, 0.717) is 54.6 Å². The largest absolute Gasteiger partial charge is 0.484 e. The van der Waals surface area contributed by atoms with Gasteiger partial charge in [-0.25, -0.2) is 0 Å². The molecule has 1 aliphatic heterocycles. The second-order valence-corrected chi connectivity index (χ2v) is 7.27. The van der Waals surface area contributed by atoms with Crippen LogP contribution in [0.3, 0.4) is 0 Å². The van der Waals surface area contributed by atoms with Crippen molar-refractivity contribution in [2.75, 3.05) is 39.3 Å². The van der Waals surface area contributed by atoms with Crippen molar-refractivity contribution >= 4 is 35.0 Å². The van der Waals surface area contributed by atoms with Crippen molar-refractivity contribution in [1.29, 1.82) is 0 Å². The quantitative estimate of drug-likeness (QED) is 0.810. The summed E-state index contributed by atoms with van der Waals surface area (Å²) in [4.78, 5) is 27.9. The van der Waals surface area contributed by atoms with Crippen LogP contribution in [0.1, 0.15) is 12.8 Å². The molecule has 2 aliphatic rings. The minimum Gasteiger partial charge on any atom is -0.484 e. The molecule has 0 spiro atoms. The lowest BCUT2D eigenvalue weighted by Crippen LogP contribution is -2.52. The monoisotopic (exact) mass is 385 g/mol. The Balaban J connectivity index is 1.39. The molecule has 0 unspecified atom stereocenters. The zero-order chi connectivity index (χ0) is 17.8. The summed E-state index contributed by atoms with van der Waals surface area (Å²) in [5.41, 5.74) is 0. The van der Waals surface area contributed by atoms with Gasteiger partial charge in [0.2, 0.25) is 5.91 Å². The molecule has 6 nitrogen and oxygen atoms in total. The molecular formula is C17H21Cl2N3O3. The highest BCUT2D eigenvalue weighted by Gasteiger charge is 2.26. The molecule has 0 atom stereocenters. The van der Waals surface area contributed by atoms with E-state index in [9.17, 15) is 9.59 Å². The van der Waals surface area contributed by atoms with E-state index in [1.54, 1.807) is 23.1 Å². The highest BCUT2D eigenvalue weighted by molar-refractivity contribution is 6.34. The van der Waals surface area contributed by atoms with Gasteiger partial charge in [-0.05, 0) is 31.0 Å². The standard InChI is InChI=1S/C17H21Cl2N3O3/c18-12-7-13(19)9-15(8-12)25-11-17(24)22-5-3-21(4-6-22)10-16(23)20-14-1-2-14/h7-9,14H,1-6,10-11H2,(H,20,23). The fourth-order valence-electron chi connectivity index (χ4n) is 2.71. The Bertz CT molecular complexity index is 624. The smallest absolute Gasteiger partial charge is 0.260 e. The van der Waals surface area contributed by atoms with Gasteiger partial charge in [0.25, 0.3) is 5.91 Å². The maximum absolute atomic E-state index is 12.3. The van der Waals surface area contributed by atoms with Gasteiger partial charge in [0.15, 0.2) is 6.61 Å². The number of carbonyl (C=O) groups is 2. The molecule has 8 heteroatoms. The van der Waals surface area contributed by atoms with Gasteiger partial charge in [-0.3, -0.25) is 14.5 Å². The van der Waals surface area contributed by atoms with Crippen molar-refractivity contribution in [1.82, 2.24) is 15.1 Å². The van der Waals surface area contributed by atoms with Gasteiger partial charge in [0.05, 0.1) is 6.54 Å². The van der Waals surface area contributed by atoms with E-state index < -0.39 is 0 Å². The summed E-state index contributed by atoms with van der Waals surface area (Å²) >= 11 is 11.8. The summed E-state index contributed by atoms with van der Waals surface area (Å²) in [6, 6.07) is 5.23. The molecule has 1 heterocycles. The third kappa shape index (κ3) is 5.76. The van der Waals surface area contributed by atoms with Crippen LogP contribution in [0.5, 0.6) is 5.75 Å². The van der Waals surface area contributed by atoms with Gasteiger partial charge in [-0.2, -0.15) is 0 Å². The first-order valence-electron chi connectivity index (χ1n) is 8.38. The first kappa shape index (κ1) is 18.3. The van der Waals surface area contributed by atoms with Crippen molar-refractivity contribution in [2.24, 2.45) is 0 Å². The summed E-state index contributed by atoms with van der Waals surface area (Å²) < 4.78 is 5.49. The molecule has 136 valence electrons. The molecule has 1 saturated heterocycles. The number of rotatable bonds is 6. The van der Waals surface area contributed by atoms with Crippen LogP contribution >= 0.6 is 23.2 Å². The fraction of sp³-hybridized carbons (Fsp3) is 0.529. The van der Waals surface area contributed by atoms with E-state index in [-0.39, 0.29) is 18.4 Å². The van der Waals surface area contributed by atoms with Crippen molar-refractivity contribution in [3.05, 3.63) is 28.2 Å². The van der Waals surface area contributed by atoms with E-state index in [0.717, 1.165) is 12.8 Å². The first-order chi connectivity index (χ1) is 12.0. The predicted octanol–water partition coefficient (Wildman–Crippen LogP) is 1.80. The number of hydrogen-bond donors (Lipinski definition) is 1. The van der Waals surface area contributed by atoms with Crippen LogP contribution in [-0.4, -0.2) is 67.0 Å². The molecule has 3 rings (SSSR count). The molecular weight excluding hydrogens is 365 g/mol. The summed E-state index contributed by atoms with van der Waals surface area (Å²) in [5.74, 6) is 0.461. The Morgan fingerprint density at radius 2 is 1.72 bits per heavy atom. The number of benzene rings is 1. The highest BCUT2D eigenvalue weighted by Crippen LogP contribution is 2.24. The summed E-state index contributed by atoms with van der Waals surface area (Å²) in [6.07, 6.45) is 2.18. The third-order valence-corrected chi connectivity index (χ3v) is 4.67. The van der Waals surface area contributed by atoms with Gasteiger partial charge in [-0.15, -0.1) is 0 Å². The lowest BCUT2D eigenvalue weighted by atomic mass is 10.3. The Morgan fingerprint density at radius 3 is 2.32 bits per heavy atom. The fourth-order valence-corrected chi connectivity index (χ4v) is 3.21. The van der Waals surface area contributed by atoms with Crippen LogP contribution in [0.2, 0.25) is 10.0 Å². The Hall–Kier alpha value is -1.50. The highest BCUT2D eigenvalue weighted by atomic mass is 35.5. The number of amides is 2. The Labute approximate surface area is 157 Å². The van der Waals surface area contributed by atoms with E-state index in [2.05, 4.69) is 10.2 Å². The van der Waals surface area contributed by atoms with Gasteiger partial charge in [0.1, 0.15) is 5.75 Å². The third-order valence-electron chi connectivity index (χ3n) is 4.23. The number of hydrogen-bond acceptors (Lipinski definition) is 4. The van der Waals surface area contributed by atoms with Crippen molar-refractivity contribution < 1.29 is 14.3 Å². The summed E-state index contributed by atoms with van der Waals surface area (Å²) in [6.45, 7) is 2.90. The SMILES string of the molecule is O=C(CN1CCN(C(=O)COc2cc(Cl)cc(Cl)c2)CC1)NC1CC1. The van der Waals surface area contributed by atoms with Crippen LogP contribution < -0.4 is 10.1 Å². The summed E-state index contributed by atoms with van der Waals surface area (Å²) in [5, 5.41) is 3.91. The van der Waals surface area contributed by atoms with Gasteiger partial charge >= 0.3 is 0 Å². The molecule has 0 bridgehead atoms. The molecule has 1 saturated carbocycles. The molecule has 25 heavy (non-hydrogen) atoms. The lowest BCUT2D eigenvalue weighted by Gasteiger charge is -2.34. The topological polar surface area (TPSA) is 61.9 Å². The molecule has 1 aliphatic carbocycles. The van der Waals surface area contributed by atoms with Gasteiger partial charge in [0, 0.05) is 42.3 Å². The van der Waals surface area contributed by atoms with Crippen LogP contribution in [0.25, 0.3) is 0 Å². The van der Waals surface area contributed by atoms with Crippen molar-refractivity contribution in [2.45, 2.75) is 18.9 Å². The second-order valence-electron chi connectivity index (χ2n) is 6.39. The molecule has 0 aromatic heterocycles. The molecule has 1 N–H and O–H groups in total. The van der Waals surface area contributed by atoms with E-state index in [4.69, 9.17) is 27.9 Å². The number of ether oxygens (including phenoxy) is 1. The maximum Gasteiger partial charge on any atom is 0.260 e. The zero-order valence-electron chi connectivity index (χ0n) is 13.8. The van der Waals surface area contributed by atoms with Crippen molar-refractivity contribution in [3.8, 4) is 5.75 Å². The maximum atomic E-state index is 12.3. The molecule has 1 aromatic carbocycles. The van der Waals surface area contributed by atoms with Crippen LogP contribution in [-0.2, 0) is 9.59 Å². The minimum atomic E-state index is -0.0850. The number of carbonyl (C=O) groups excluding carboxylic acids is 2. The molecule has 1 aromatic rings. The second kappa shape index (κ2) is 8.25. The molecule has 0 radical (unpaired) electrons. The van der Waals surface area contributed by atoms with E-state index >= 15 is 0 Å².